The maximum absolute atomic E-state index is 12.5. The second kappa shape index (κ2) is 7.30. The second-order valence-corrected chi connectivity index (χ2v) is 6.00. The Morgan fingerprint density at radius 2 is 1.68 bits per heavy atom. The SMILES string of the molecule is COc1nc2cc(C)c(C)cc2nc1C(=O)NCCc1ccccc1. The molecule has 0 saturated heterocycles. The molecule has 0 unspecified atom stereocenters. The van der Waals surface area contributed by atoms with E-state index < -0.39 is 0 Å². The normalized spacial score (nSPS) is 10.7. The zero-order chi connectivity index (χ0) is 17.8. The lowest BCUT2D eigenvalue weighted by Crippen LogP contribution is -2.27. The number of amides is 1. The third kappa shape index (κ3) is 3.76. The molecule has 0 radical (unpaired) electrons. The van der Waals surface area contributed by atoms with Crippen molar-refractivity contribution in [1.29, 1.82) is 0 Å². The zero-order valence-corrected chi connectivity index (χ0v) is 14.7. The molecule has 0 spiro atoms. The van der Waals surface area contributed by atoms with E-state index in [-0.39, 0.29) is 17.5 Å². The number of rotatable bonds is 5. The lowest BCUT2D eigenvalue weighted by molar-refractivity contribution is 0.0945. The summed E-state index contributed by atoms with van der Waals surface area (Å²) in [4.78, 5) is 21.4. The van der Waals surface area contributed by atoms with Crippen LogP contribution in [0, 0.1) is 13.8 Å². The number of hydrogen-bond acceptors (Lipinski definition) is 4. The van der Waals surface area contributed by atoms with Crippen molar-refractivity contribution in [2.24, 2.45) is 0 Å². The van der Waals surface area contributed by atoms with Crippen LogP contribution >= 0.6 is 0 Å². The van der Waals surface area contributed by atoms with Crippen LogP contribution in [0.4, 0.5) is 0 Å². The first-order chi connectivity index (χ1) is 12.1. The number of aromatic nitrogens is 2. The number of fused-ring (bicyclic) bond motifs is 1. The van der Waals surface area contributed by atoms with E-state index in [0.717, 1.165) is 23.1 Å². The van der Waals surface area contributed by atoms with Crippen LogP contribution in [0.2, 0.25) is 0 Å². The van der Waals surface area contributed by atoms with Crippen molar-refractivity contribution in [3.63, 3.8) is 0 Å². The van der Waals surface area contributed by atoms with Gasteiger partial charge in [-0.25, -0.2) is 9.97 Å². The summed E-state index contributed by atoms with van der Waals surface area (Å²) in [6.45, 7) is 4.56. The summed E-state index contributed by atoms with van der Waals surface area (Å²) >= 11 is 0. The maximum atomic E-state index is 12.5. The number of nitrogens with one attached hydrogen (secondary N) is 1. The van der Waals surface area contributed by atoms with Gasteiger partial charge in [0.25, 0.3) is 5.91 Å². The first kappa shape index (κ1) is 16.9. The number of aryl methyl sites for hydroxylation is 2. The summed E-state index contributed by atoms with van der Waals surface area (Å²) in [5.41, 5.74) is 5.04. The van der Waals surface area contributed by atoms with E-state index in [9.17, 15) is 4.79 Å². The molecule has 2 aromatic carbocycles. The molecule has 0 aliphatic carbocycles. The highest BCUT2D eigenvalue weighted by Gasteiger charge is 2.17. The first-order valence-corrected chi connectivity index (χ1v) is 8.23. The van der Waals surface area contributed by atoms with E-state index in [1.54, 1.807) is 0 Å². The Bertz CT molecular complexity index is 908. The number of methoxy groups -OCH3 is 1. The summed E-state index contributed by atoms with van der Waals surface area (Å²) in [5.74, 6) is -0.0339. The van der Waals surface area contributed by atoms with Gasteiger partial charge < -0.3 is 10.1 Å². The maximum Gasteiger partial charge on any atom is 0.275 e. The fourth-order valence-electron chi connectivity index (χ4n) is 2.63. The van der Waals surface area contributed by atoms with Gasteiger partial charge in [-0.05, 0) is 49.1 Å². The summed E-state index contributed by atoms with van der Waals surface area (Å²) in [5, 5.41) is 2.89. The van der Waals surface area contributed by atoms with Crippen LogP contribution in [-0.2, 0) is 6.42 Å². The van der Waals surface area contributed by atoms with E-state index >= 15 is 0 Å². The van der Waals surface area contributed by atoms with Crippen molar-refractivity contribution >= 4 is 16.9 Å². The Kier molecular flexibility index (Phi) is 4.93. The Hall–Kier alpha value is -2.95. The van der Waals surface area contributed by atoms with Gasteiger partial charge in [-0.2, -0.15) is 0 Å². The molecule has 3 rings (SSSR count). The molecule has 1 aromatic heterocycles. The van der Waals surface area contributed by atoms with E-state index in [0.29, 0.717) is 12.1 Å². The first-order valence-electron chi connectivity index (χ1n) is 8.23. The van der Waals surface area contributed by atoms with Crippen molar-refractivity contribution < 1.29 is 9.53 Å². The van der Waals surface area contributed by atoms with Crippen LogP contribution in [0.5, 0.6) is 5.88 Å². The number of carbonyl (C=O) groups is 1. The number of carbonyl (C=O) groups excluding carboxylic acids is 1. The topological polar surface area (TPSA) is 64.1 Å². The van der Waals surface area contributed by atoms with Gasteiger partial charge >= 0.3 is 0 Å². The van der Waals surface area contributed by atoms with Crippen LogP contribution < -0.4 is 10.1 Å². The molecule has 3 aromatic rings. The van der Waals surface area contributed by atoms with Crippen molar-refractivity contribution in [2.45, 2.75) is 20.3 Å². The Morgan fingerprint density at radius 3 is 2.32 bits per heavy atom. The summed E-state index contributed by atoms with van der Waals surface area (Å²) in [6.07, 6.45) is 0.758. The predicted molar refractivity (Wildman–Crippen MR) is 98.0 cm³/mol. The second-order valence-electron chi connectivity index (χ2n) is 6.00. The van der Waals surface area contributed by atoms with Gasteiger partial charge in [0.05, 0.1) is 18.1 Å². The number of nitrogens with zero attached hydrogens (tertiary/aromatic N) is 2. The molecule has 25 heavy (non-hydrogen) atoms. The highest BCUT2D eigenvalue weighted by atomic mass is 16.5. The summed E-state index contributed by atoms with van der Waals surface area (Å²) < 4.78 is 5.27. The fraction of sp³-hybridized carbons (Fsp3) is 0.250. The van der Waals surface area contributed by atoms with E-state index in [4.69, 9.17) is 4.74 Å². The minimum Gasteiger partial charge on any atom is -0.479 e. The largest absolute Gasteiger partial charge is 0.479 e. The molecule has 0 bridgehead atoms. The average molecular weight is 335 g/mol. The minimum absolute atomic E-state index is 0.214. The van der Waals surface area contributed by atoms with Gasteiger partial charge in [-0.1, -0.05) is 30.3 Å². The molecule has 1 N–H and O–H groups in total. The standard InChI is InChI=1S/C20H21N3O2/c1-13-11-16-17(12-14(13)2)23-20(25-3)18(22-16)19(24)21-10-9-15-7-5-4-6-8-15/h4-8,11-12H,9-10H2,1-3H3,(H,21,24). The molecule has 0 atom stereocenters. The van der Waals surface area contributed by atoms with E-state index in [2.05, 4.69) is 15.3 Å². The molecule has 0 aliphatic rings. The smallest absolute Gasteiger partial charge is 0.275 e. The van der Waals surface area contributed by atoms with Crippen molar-refractivity contribution in [3.8, 4) is 5.88 Å². The third-order valence-corrected chi connectivity index (χ3v) is 4.20. The van der Waals surface area contributed by atoms with Gasteiger partial charge in [0.15, 0.2) is 5.69 Å². The quantitative estimate of drug-likeness (QED) is 0.777. The lowest BCUT2D eigenvalue weighted by Gasteiger charge is -2.10. The number of ether oxygens (including phenoxy) is 1. The van der Waals surface area contributed by atoms with Crippen molar-refractivity contribution in [2.75, 3.05) is 13.7 Å². The molecular formula is C20H21N3O2. The summed E-state index contributed by atoms with van der Waals surface area (Å²) in [7, 11) is 1.50. The highest BCUT2D eigenvalue weighted by molar-refractivity contribution is 5.96. The molecule has 0 fully saturated rings. The zero-order valence-electron chi connectivity index (χ0n) is 14.7. The molecular weight excluding hydrogens is 314 g/mol. The van der Waals surface area contributed by atoms with Gasteiger partial charge in [-0.3, -0.25) is 4.79 Å². The van der Waals surface area contributed by atoms with Gasteiger partial charge in [0.1, 0.15) is 0 Å². The minimum atomic E-state index is -0.277. The van der Waals surface area contributed by atoms with Gasteiger partial charge in [0, 0.05) is 6.54 Å². The molecule has 5 nitrogen and oxygen atoms in total. The Balaban J connectivity index is 1.81. The van der Waals surface area contributed by atoms with Crippen molar-refractivity contribution in [1.82, 2.24) is 15.3 Å². The van der Waals surface area contributed by atoms with Crippen LogP contribution in [0.3, 0.4) is 0 Å². The Labute approximate surface area is 147 Å². The van der Waals surface area contributed by atoms with Crippen LogP contribution in [0.1, 0.15) is 27.2 Å². The van der Waals surface area contributed by atoms with Crippen LogP contribution in [-0.4, -0.2) is 29.5 Å². The average Bonchev–Trinajstić information content (AvgIpc) is 2.62. The third-order valence-electron chi connectivity index (χ3n) is 4.20. The van der Waals surface area contributed by atoms with Gasteiger partial charge in [-0.15, -0.1) is 0 Å². The number of hydrogen-bond donors (Lipinski definition) is 1. The van der Waals surface area contributed by atoms with Crippen LogP contribution in [0.15, 0.2) is 42.5 Å². The Morgan fingerprint density at radius 1 is 1.04 bits per heavy atom. The predicted octanol–water partition coefficient (Wildman–Crippen LogP) is 3.23. The summed E-state index contributed by atoms with van der Waals surface area (Å²) in [6, 6.07) is 13.9. The molecule has 1 amide bonds. The monoisotopic (exact) mass is 335 g/mol. The molecule has 5 heteroatoms. The van der Waals surface area contributed by atoms with E-state index in [1.807, 2.05) is 56.3 Å². The molecule has 128 valence electrons. The van der Waals surface area contributed by atoms with Crippen LogP contribution in [0.25, 0.3) is 11.0 Å². The molecule has 0 aliphatic heterocycles. The molecule has 1 heterocycles. The van der Waals surface area contributed by atoms with Crippen molar-refractivity contribution in [3.05, 3.63) is 64.8 Å². The van der Waals surface area contributed by atoms with Gasteiger partial charge in [0.2, 0.25) is 5.88 Å². The fourth-order valence-corrected chi connectivity index (χ4v) is 2.63. The molecule has 0 saturated carbocycles. The highest BCUT2D eigenvalue weighted by Crippen LogP contribution is 2.21. The van der Waals surface area contributed by atoms with E-state index in [1.165, 1.54) is 12.7 Å². The lowest BCUT2D eigenvalue weighted by atomic mass is 10.1. The number of benzene rings is 2.